The van der Waals surface area contributed by atoms with E-state index in [-0.39, 0.29) is 11.3 Å². The average molecular weight is 453 g/mol. The van der Waals surface area contributed by atoms with E-state index in [2.05, 4.69) is 13.8 Å². The molecule has 1 saturated heterocycles. The van der Waals surface area contributed by atoms with Crippen molar-refractivity contribution < 1.29 is 24.2 Å². The van der Waals surface area contributed by atoms with Gasteiger partial charge < -0.3 is 24.4 Å². The zero-order valence-corrected chi connectivity index (χ0v) is 19.9. The highest BCUT2D eigenvalue weighted by atomic mass is 16.5. The standard InChI is InChI=1S/C26H32N2O5/c1-17(2)16-33-19-12-10-18(11-13-19)24(29)22-23(20-8-6-7-9-21(20)32-5)28(15-14-27(3)4)26(31)25(22)30/h6-13,17,23,29H,14-16H2,1-5H3/b24-22+/t23-/m1/s1. The Morgan fingerprint density at radius 1 is 1.09 bits per heavy atom. The number of nitrogens with zero attached hydrogens (tertiary/aromatic N) is 2. The Morgan fingerprint density at radius 2 is 1.76 bits per heavy atom. The number of ether oxygens (including phenoxy) is 2. The molecule has 0 aliphatic carbocycles. The van der Waals surface area contributed by atoms with Crippen molar-refractivity contribution in [2.75, 3.05) is 40.9 Å². The number of methoxy groups -OCH3 is 1. The van der Waals surface area contributed by atoms with Crippen molar-refractivity contribution in [3.63, 3.8) is 0 Å². The molecule has 1 amide bonds. The topological polar surface area (TPSA) is 79.3 Å². The Hall–Kier alpha value is -3.32. The minimum absolute atomic E-state index is 0.0547. The average Bonchev–Trinajstić information content (AvgIpc) is 3.05. The summed E-state index contributed by atoms with van der Waals surface area (Å²) in [5.74, 6) is 0.0492. The molecule has 1 heterocycles. The normalized spacial score (nSPS) is 17.8. The number of likely N-dealkylation sites (tertiary alicyclic amines) is 1. The van der Waals surface area contributed by atoms with E-state index in [9.17, 15) is 14.7 Å². The van der Waals surface area contributed by atoms with E-state index in [1.165, 1.54) is 4.90 Å². The number of aliphatic hydroxyl groups is 1. The van der Waals surface area contributed by atoms with Crippen LogP contribution in [-0.4, -0.2) is 67.5 Å². The number of benzene rings is 2. The number of carbonyl (C=O) groups is 2. The van der Waals surface area contributed by atoms with Gasteiger partial charge in [0.2, 0.25) is 0 Å². The molecule has 1 fully saturated rings. The van der Waals surface area contributed by atoms with Crippen LogP contribution in [0.3, 0.4) is 0 Å². The Labute approximate surface area is 195 Å². The van der Waals surface area contributed by atoms with Gasteiger partial charge in [-0.3, -0.25) is 9.59 Å². The molecule has 1 aliphatic rings. The molecule has 1 aliphatic heterocycles. The number of para-hydroxylation sites is 1. The first-order valence-electron chi connectivity index (χ1n) is 11.0. The highest BCUT2D eigenvalue weighted by Gasteiger charge is 2.46. The Bertz CT molecular complexity index is 1030. The number of Topliss-reactive ketones (excluding diaryl/α,β-unsaturated/α-hetero) is 1. The molecule has 0 aromatic heterocycles. The van der Waals surface area contributed by atoms with Crippen molar-refractivity contribution in [2.24, 2.45) is 5.92 Å². The molecule has 0 radical (unpaired) electrons. The molecule has 0 unspecified atom stereocenters. The number of rotatable bonds is 9. The molecule has 1 N–H and O–H groups in total. The summed E-state index contributed by atoms with van der Waals surface area (Å²) < 4.78 is 11.2. The van der Waals surface area contributed by atoms with Gasteiger partial charge in [-0.25, -0.2) is 0 Å². The summed E-state index contributed by atoms with van der Waals surface area (Å²) in [6, 6.07) is 13.4. The molecule has 1 atom stereocenters. The zero-order valence-electron chi connectivity index (χ0n) is 19.9. The van der Waals surface area contributed by atoms with Crippen molar-refractivity contribution in [2.45, 2.75) is 19.9 Å². The lowest BCUT2D eigenvalue weighted by atomic mass is 9.94. The maximum atomic E-state index is 13.1. The summed E-state index contributed by atoms with van der Waals surface area (Å²) in [6.45, 7) is 5.61. The van der Waals surface area contributed by atoms with Gasteiger partial charge in [-0.15, -0.1) is 0 Å². The van der Waals surface area contributed by atoms with Crippen molar-refractivity contribution >= 4 is 17.4 Å². The molecule has 0 spiro atoms. The van der Waals surface area contributed by atoms with Crippen LogP contribution in [0.15, 0.2) is 54.1 Å². The van der Waals surface area contributed by atoms with Gasteiger partial charge in [0.05, 0.1) is 25.3 Å². The highest BCUT2D eigenvalue weighted by molar-refractivity contribution is 6.46. The Kier molecular flexibility index (Phi) is 7.76. The quantitative estimate of drug-likeness (QED) is 0.355. The summed E-state index contributed by atoms with van der Waals surface area (Å²) in [4.78, 5) is 29.6. The fourth-order valence-electron chi connectivity index (χ4n) is 3.76. The molecule has 0 bridgehead atoms. The van der Waals surface area contributed by atoms with Crippen LogP contribution in [0.4, 0.5) is 0 Å². The molecule has 7 nitrogen and oxygen atoms in total. The number of amides is 1. The predicted octanol–water partition coefficient (Wildman–Crippen LogP) is 3.71. The number of ketones is 1. The van der Waals surface area contributed by atoms with Crippen LogP contribution >= 0.6 is 0 Å². The molecular formula is C26H32N2O5. The molecule has 2 aromatic rings. The zero-order chi connectivity index (χ0) is 24.1. The van der Waals surface area contributed by atoms with Crippen LogP contribution in [0.25, 0.3) is 5.76 Å². The number of carbonyl (C=O) groups excluding carboxylic acids is 2. The van der Waals surface area contributed by atoms with Crippen molar-refractivity contribution in [3.8, 4) is 11.5 Å². The molecule has 3 rings (SSSR count). The van der Waals surface area contributed by atoms with Gasteiger partial charge in [-0.2, -0.15) is 0 Å². The van der Waals surface area contributed by atoms with E-state index in [0.29, 0.717) is 48.2 Å². The summed E-state index contributed by atoms with van der Waals surface area (Å²) >= 11 is 0. The first-order valence-corrected chi connectivity index (χ1v) is 11.0. The van der Waals surface area contributed by atoms with E-state index in [1.807, 2.05) is 37.2 Å². The van der Waals surface area contributed by atoms with Gasteiger partial charge in [0, 0.05) is 24.2 Å². The minimum Gasteiger partial charge on any atom is -0.507 e. The lowest BCUT2D eigenvalue weighted by molar-refractivity contribution is -0.140. The van der Waals surface area contributed by atoms with Crippen LogP contribution in [-0.2, 0) is 9.59 Å². The first-order chi connectivity index (χ1) is 15.7. The smallest absolute Gasteiger partial charge is 0.295 e. The minimum atomic E-state index is -0.752. The summed E-state index contributed by atoms with van der Waals surface area (Å²) in [5.41, 5.74) is 1.15. The van der Waals surface area contributed by atoms with Crippen LogP contribution in [0, 0.1) is 5.92 Å². The van der Waals surface area contributed by atoms with E-state index in [1.54, 1.807) is 37.4 Å². The number of hydrogen-bond donors (Lipinski definition) is 1. The molecule has 33 heavy (non-hydrogen) atoms. The van der Waals surface area contributed by atoms with E-state index < -0.39 is 17.7 Å². The monoisotopic (exact) mass is 452 g/mol. The molecule has 2 aromatic carbocycles. The molecule has 0 saturated carbocycles. The second kappa shape index (κ2) is 10.5. The van der Waals surface area contributed by atoms with Crippen molar-refractivity contribution in [1.82, 2.24) is 9.80 Å². The second-order valence-corrected chi connectivity index (χ2v) is 8.77. The summed E-state index contributed by atoms with van der Waals surface area (Å²) in [6.07, 6.45) is 0. The third-order valence-electron chi connectivity index (χ3n) is 5.47. The van der Waals surface area contributed by atoms with Crippen LogP contribution < -0.4 is 9.47 Å². The largest absolute Gasteiger partial charge is 0.507 e. The van der Waals surface area contributed by atoms with Gasteiger partial charge in [0.25, 0.3) is 11.7 Å². The lowest BCUT2D eigenvalue weighted by Crippen LogP contribution is -2.35. The Morgan fingerprint density at radius 3 is 2.36 bits per heavy atom. The fourth-order valence-corrected chi connectivity index (χ4v) is 3.76. The maximum absolute atomic E-state index is 13.1. The first kappa shape index (κ1) is 24.3. The van der Waals surface area contributed by atoms with E-state index in [0.717, 1.165) is 0 Å². The molecule has 176 valence electrons. The number of aliphatic hydroxyl groups excluding tert-OH is 1. The predicted molar refractivity (Wildman–Crippen MR) is 127 cm³/mol. The Balaban J connectivity index is 2.07. The summed E-state index contributed by atoms with van der Waals surface area (Å²) in [5, 5.41) is 11.2. The van der Waals surface area contributed by atoms with E-state index >= 15 is 0 Å². The van der Waals surface area contributed by atoms with Crippen molar-refractivity contribution in [3.05, 3.63) is 65.2 Å². The van der Waals surface area contributed by atoms with Gasteiger partial charge in [-0.05, 0) is 50.3 Å². The maximum Gasteiger partial charge on any atom is 0.295 e. The van der Waals surface area contributed by atoms with E-state index in [4.69, 9.17) is 9.47 Å². The van der Waals surface area contributed by atoms with Gasteiger partial charge >= 0.3 is 0 Å². The van der Waals surface area contributed by atoms with Crippen molar-refractivity contribution in [1.29, 1.82) is 0 Å². The third kappa shape index (κ3) is 5.37. The van der Waals surface area contributed by atoms with Crippen LogP contribution in [0.2, 0.25) is 0 Å². The fraction of sp³-hybridized carbons (Fsp3) is 0.385. The number of hydrogen-bond acceptors (Lipinski definition) is 6. The highest BCUT2D eigenvalue weighted by Crippen LogP contribution is 2.42. The van der Waals surface area contributed by atoms with Gasteiger partial charge in [0.1, 0.15) is 17.3 Å². The molecule has 7 heteroatoms. The summed E-state index contributed by atoms with van der Waals surface area (Å²) in [7, 11) is 5.34. The van der Waals surface area contributed by atoms with Crippen LogP contribution in [0.5, 0.6) is 11.5 Å². The lowest BCUT2D eigenvalue weighted by Gasteiger charge is -2.27. The van der Waals surface area contributed by atoms with Crippen LogP contribution in [0.1, 0.15) is 31.0 Å². The number of likely N-dealkylation sites (N-methyl/N-ethyl adjacent to an activating group) is 1. The molecular weight excluding hydrogens is 420 g/mol. The van der Waals surface area contributed by atoms with Gasteiger partial charge in [-0.1, -0.05) is 32.0 Å². The third-order valence-corrected chi connectivity index (χ3v) is 5.47. The second-order valence-electron chi connectivity index (χ2n) is 8.77. The van der Waals surface area contributed by atoms with Gasteiger partial charge in [0.15, 0.2) is 0 Å². The SMILES string of the molecule is COc1ccccc1[C@@H]1/C(=C(\O)c2ccc(OCC(C)C)cc2)C(=O)C(=O)N1CCN(C)C.